The predicted molar refractivity (Wildman–Crippen MR) is 129 cm³/mol. The van der Waals surface area contributed by atoms with E-state index in [-0.39, 0.29) is 5.91 Å². The molecule has 1 unspecified atom stereocenters. The van der Waals surface area contributed by atoms with Crippen molar-refractivity contribution >= 4 is 23.4 Å². The SMILES string of the molecule is CCC(Oc1ccc2c(c1)CCCC2)C(=O)Nc1ccc(CSc2ccccc2)cc1. The molecule has 1 amide bonds. The van der Waals surface area contributed by atoms with Crippen LogP contribution < -0.4 is 10.1 Å². The van der Waals surface area contributed by atoms with E-state index in [4.69, 9.17) is 4.74 Å². The fourth-order valence-corrected chi connectivity index (χ4v) is 4.74. The maximum Gasteiger partial charge on any atom is 0.265 e. The van der Waals surface area contributed by atoms with Gasteiger partial charge in [0.05, 0.1) is 0 Å². The molecule has 0 aromatic heterocycles. The van der Waals surface area contributed by atoms with Crippen molar-refractivity contribution in [2.45, 2.75) is 55.8 Å². The zero-order valence-electron chi connectivity index (χ0n) is 18.0. The Hall–Kier alpha value is -2.72. The lowest BCUT2D eigenvalue weighted by Crippen LogP contribution is -2.32. The lowest BCUT2D eigenvalue weighted by atomic mass is 9.92. The third-order valence-electron chi connectivity index (χ3n) is 5.63. The molecule has 1 atom stereocenters. The van der Waals surface area contributed by atoms with Crippen LogP contribution >= 0.6 is 11.8 Å². The van der Waals surface area contributed by atoms with Gasteiger partial charge < -0.3 is 10.1 Å². The molecule has 1 N–H and O–H groups in total. The van der Waals surface area contributed by atoms with Gasteiger partial charge in [-0.2, -0.15) is 0 Å². The van der Waals surface area contributed by atoms with E-state index in [1.165, 1.54) is 34.4 Å². The number of anilines is 1. The van der Waals surface area contributed by atoms with Crippen LogP contribution in [-0.2, 0) is 23.4 Å². The van der Waals surface area contributed by atoms with Crippen molar-refractivity contribution in [1.82, 2.24) is 0 Å². The summed E-state index contributed by atoms with van der Waals surface area (Å²) in [7, 11) is 0. The van der Waals surface area contributed by atoms with Crippen LogP contribution in [0.5, 0.6) is 5.75 Å². The second-order valence-corrected chi connectivity index (χ2v) is 8.99. The Balaban J connectivity index is 1.33. The fourth-order valence-electron chi connectivity index (χ4n) is 3.86. The van der Waals surface area contributed by atoms with E-state index < -0.39 is 6.10 Å². The number of nitrogens with one attached hydrogen (secondary N) is 1. The van der Waals surface area contributed by atoms with E-state index in [0.717, 1.165) is 30.0 Å². The van der Waals surface area contributed by atoms with Gasteiger partial charge in [0.25, 0.3) is 5.91 Å². The first-order valence-electron chi connectivity index (χ1n) is 11.1. The summed E-state index contributed by atoms with van der Waals surface area (Å²) in [6.07, 6.45) is 4.85. The molecule has 0 spiro atoms. The van der Waals surface area contributed by atoms with Crippen LogP contribution in [0.15, 0.2) is 77.7 Å². The quantitative estimate of drug-likeness (QED) is 0.406. The first-order valence-corrected chi connectivity index (χ1v) is 12.1. The number of ether oxygens (including phenoxy) is 1. The number of aryl methyl sites for hydroxylation is 2. The summed E-state index contributed by atoms with van der Waals surface area (Å²) < 4.78 is 6.06. The smallest absolute Gasteiger partial charge is 0.265 e. The minimum Gasteiger partial charge on any atom is -0.481 e. The van der Waals surface area contributed by atoms with E-state index in [2.05, 4.69) is 53.8 Å². The van der Waals surface area contributed by atoms with E-state index >= 15 is 0 Å². The van der Waals surface area contributed by atoms with Gasteiger partial charge in [-0.25, -0.2) is 0 Å². The van der Waals surface area contributed by atoms with Gasteiger partial charge in [0, 0.05) is 16.3 Å². The molecule has 3 aromatic rings. The van der Waals surface area contributed by atoms with Crippen LogP contribution in [0.3, 0.4) is 0 Å². The third-order valence-corrected chi connectivity index (χ3v) is 6.71. The average molecular weight is 432 g/mol. The molecule has 0 aliphatic heterocycles. The lowest BCUT2D eigenvalue weighted by molar-refractivity contribution is -0.122. The molecule has 1 aliphatic carbocycles. The number of hydrogen-bond acceptors (Lipinski definition) is 3. The lowest BCUT2D eigenvalue weighted by Gasteiger charge is -2.20. The Morgan fingerprint density at radius 1 is 0.968 bits per heavy atom. The van der Waals surface area contributed by atoms with Crippen molar-refractivity contribution in [1.29, 1.82) is 0 Å². The number of hydrogen-bond donors (Lipinski definition) is 1. The van der Waals surface area contributed by atoms with E-state index in [9.17, 15) is 4.79 Å². The monoisotopic (exact) mass is 431 g/mol. The van der Waals surface area contributed by atoms with Crippen LogP contribution in [0.2, 0.25) is 0 Å². The normalized spacial score (nSPS) is 13.8. The zero-order chi connectivity index (χ0) is 21.5. The number of fused-ring (bicyclic) bond motifs is 1. The Morgan fingerprint density at radius 2 is 1.71 bits per heavy atom. The van der Waals surface area contributed by atoms with Gasteiger partial charge in [0.1, 0.15) is 5.75 Å². The predicted octanol–water partition coefficient (Wildman–Crippen LogP) is 6.65. The van der Waals surface area contributed by atoms with Gasteiger partial charge in [-0.15, -0.1) is 11.8 Å². The van der Waals surface area contributed by atoms with Crippen molar-refractivity contribution in [3.63, 3.8) is 0 Å². The Bertz CT molecular complexity index is 1000. The molecule has 0 saturated carbocycles. The number of benzene rings is 3. The van der Waals surface area contributed by atoms with Crippen LogP contribution in [-0.4, -0.2) is 12.0 Å². The number of carbonyl (C=O) groups is 1. The summed E-state index contributed by atoms with van der Waals surface area (Å²) in [5, 5.41) is 3.01. The van der Waals surface area contributed by atoms with E-state index in [1.807, 2.05) is 31.2 Å². The maximum absolute atomic E-state index is 12.8. The van der Waals surface area contributed by atoms with E-state index in [1.54, 1.807) is 11.8 Å². The third kappa shape index (κ3) is 5.92. The number of rotatable bonds is 8. The van der Waals surface area contributed by atoms with Gasteiger partial charge >= 0.3 is 0 Å². The topological polar surface area (TPSA) is 38.3 Å². The standard InChI is InChI=1S/C27H29NO2S/c1-2-26(30-24-17-14-21-8-6-7-9-22(21)18-24)27(29)28-23-15-12-20(13-16-23)19-31-25-10-4-3-5-11-25/h3-5,10-18,26H,2,6-9,19H2,1H3,(H,28,29). The fraction of sp³-hybridized carbons (Fsp3) is 0.296. The molecule has 0 saturated heterocycles. The highest BCUT2D eigenvalue weighted by molar-refractivity contribution is 7.98. The summed E-state index contributed by atoms with van der Waals surface area (Å²) in [6.45, 7) is 1.98. The second kappa shape index (κ2) is 10.5. The number of amides is 1. The zero-order valence-corrected chi connectivity index (χ0v) is 18.8. The van der Waals surface area contributed by atoms with Crippen LogP contribution in [0.4, 0.5) is 5.69 Å². The summed E-state index contributed by atoms with van der Waals surface area (Å²) in [5.74, 6) is 1.58. The molecular formula is C27H29NO2S. The number of thioether (sulfide) groups is 1. The Labute approximate surface area is 189 Å². The summed E-state index contributed by atoms with van der Waals surface area (Å²) in [4.78, 5) is 14.0. The van der Waals surface area contributed by atoms with Crippen LogP contribution in [0.1, 0.15) is 42.9 Å². The molecule has 0 heterocycles. The molecule has 0 radical (unpaired) electrons. The molecule has 0 fully saturated rings. The highest BCUT2D eigenvalue weighted by Crippen LogP contribution is 2.27. The average Bonchev–Trinajstić information content (AvgIpc) is 2.82. The minimum atomic E-state index is -0.505. The molecule has 1 aliphatic rings. The summed E-state index contributed by atoms with van der Waals surface area (Å²) in [6, 6.07) is 24.7. The van der Waals surface area contributed by atoms with Crippen molar-refractivity contribution in [2.24, 2.45) is 0 Å². The second-order valence-electron chi connectivity index (χ2n) is 7.94. The number of carbonyl (C=O) groups excluding carboxylic acids is 1. The molecule has 3 nitrogen and oxygen atoms in total. The minimum absolute atomic E-state index is 0.105. The van der Waals surface area contributed by atoms with Gasteiger partial charge in [-0.3, -0.25) is 4.79 Å². The molecular weight excluding hydrogens is 402 g/mol. The molecule has 3 aromatic carbocycles. The first kappa shape index (κ1) is 21.5. The van der Waals surface area contributed by atoms with Gasteiger partial charge in [0.15, 0.2) is 6.10 Å². The van der Waals surface area contributed by atoms with Crippen molar-refractivity contribution < 1.29 is 9.53 Å². The first-order chi connectivity index (χ1) is 15.2. The maximum atomic E-state index is 12.8. The molecule has 0 bridgehead atoms. The van der Waals surface area contributed by atoms with Crippen molar-refractivity contribution in [2.75, 3.05) is 5.32 Å². The van der Waals surface area contributed by atoms with Crippen molar-refractivity contribution in [3.05, 3.63) is 89.5 Å². The highest BCUT2D eigenvalue weighted by atomic mass is 32.2. The highest BCUT2D eigenvalue weighted by Gasteiger charge is 2.19. The van der Waals surface area contributed by atoms with Crippen molar-refractivity contribution in [3.8, 4) is 5.75 Å². The Morgan fingerprint density at radius 3 is 2.45 bits per heavy atom. The summed E-state index contributed by atoms with van der Waals surface area (Å²) in [5.41, 5.74) is 4.81. The molecule has 4 rings (SSSR count). The van der Waals surface area contributed by atoms with Gasteiger partial charge in [0.2, 0.25) is 0 Å². The molecule has 160 valence electrons. The Kier molecular flexibility index (Phi) is 7.31. The van der Waals surface area contributed by atoms with Gasteiger partial charge in [-0.05, 0) is 85.2 Å². The summed E-state index contributed by atoms with van der Waals surface area (Å²) >= 11 is 1.81. The molecule has 4 heteroatoms. The van der Waals surface area contributed by atoms with Gasteiger partial charge in [-0.1, -0.05) is 43.3 Å². The van der Waals surface area contributed by atoms with E-state index in [0.29, 0.717) is 6.42 Å². The van der Waals surface area contributed by atoms with Crippen LogP contribution in [0.25, 0.3) is 0 Å². The largest absolute Gasteiger partial charge is 0.481 e. The molecule has 31 heavy (non-hydrogen) atoms. The van der Waals surface area contributed by atoms with Crippen LogP contribution in [0, 0.1) is 0 Å².